The van der Waals surface area contributed by atoms with Crippen molar-refractivity contribution in [1.82, 2.24) is 0 Å². The van der Waals surface area contributed by atoms with Crippen molar-refractivity contribution in [1.29, 1.82) is 0 Å². The fourth-order valence-electron chi connectivity index (χ4n) is 6.55. The van der Waals surface area contributed by atoms with Crippen molar-refractivity contribution >= 4 is 17.9 Å². The zero-order chi connectivity index (χ0) is 38.0. The first kappa shape index (κ1) is 50.1. The predicted molar refractivity (Wildman–Crippen MR) is 220 cm³/mol. The molecular formula is C46H86O6. The van der Waals surface area contributed by atoms with Crippen molar-refractivity contribution in [3.63, 3.8) is 0 Å². The molecule has 0 aliphatic rings. The van der Waals surface area contributed by atoms with Crippen molar-refractivity contribution in [2.75, 3.05) is 13.2 Å². The fourth-order valence-corrected chi connectivity index (χ4v) is 6.55. The van der Waals surface area contributed by atoms with Gasteiger partial charge >= 0.3 is 17.9 Å². The van der Waals surface area contributed by atoms with Gasteiger partial charge in [0.15, 0.2) is 6.10 Å². The molecule has 0 aromatic carbocycles. The molecule has 52 heavy (non-hydrogen) atoms. The van der Waals surface area contributed by atoms with E-state index in [2.05, 4.69) is 32.9 Å². The number of rotatable bonds is 41. The number of carbonyl (C=O) groups is 3. The van der Waals surface area contributed by atoms with Crippen LogP contribution in [0.5, 0.6) is 0 Å². The average Bonchev–Trinajstić information content (AvgIpc) is 3.14. The molecule has 0 rings (SSSR count). The molecule has 0 saturated carbocycles. The molecular weight excluding hydrogens is 648 g/mol. The van der Waals surface area contributed by atoms with E-state index in [-0.39, 0.29) is 31.1 Å². The molecule has 0 fully saturated rings. The first-order valence-electron chi connectivity index (χ1n) is 22.7. The van der Waals surface area contributed by atoms with Gasteiger partial charge in [-0.05, 0) is 44.9 Å². The van der Waals surface area contributed by atoms with E-state index >= 15 is 0 Å². The minimum absolute atomic E-state index is 0.0705. The summed E-state index contributed by atoms with van der Waals surface area (Å²) in [5, 5.41) is 0. The van der Waals surface area contributed by atoms with Gasteiger partial charge in [-0.3, -0.25) is 14.4 Å². The number of carbonyl (C=O) groups excluding carboxylic acids is 3. The van der Waals surface area contributed by atoms with Crippen LogP contribution >= 0.6 is 0 Å². The van der Waals surface area contributed by atoms with Crippen molar-refractivity contribution in [2.24, 2.45) is 0 Å². The quantitative estimate of drug-likeness (QED) is 0.0269. The van der Waals surface area contributed by atoms with Crippen LogP contribution in [-0.2, 0) is 28.6 Å². The topological polar surface area (TPSA) is 78.9 Å². The summed E-state index contributed by atoms with van der Waals surface area (Å²) in [5.74, 6) is -0.882. The average molecular weight is 735 g/mol. The molecule has 306 valence electrons. The molecule has 0 spiro atoms. The van der Waals surface area contributed by atoms with Gasteiger partial charge in [0.2, 0.25) is 0 Å². The van der Waals surface area contributed by atoms with Crippen LogP contribution in [0.1, 0.15) is 245 Å². The zero-order valence-electron chi connectivity index (χ0n) is 34.8. The number of hydrogen-bond acceptors (Lipinski definition) is 6. The summed E-state index contributed by atoms with van der Waals surface area (Å²) in [6.45, 7) is 6.60. The van der Waals surface area contributed by atoms with Gasteiger partial charge in [0.05, 0.1) is 0 Å². The highest BCUT2D eigenvalue weighted by molar-refractivity contribution is 5.71. The molecule has 0 aliphatic heterocycles. The van der Waals surface area contributed by atoms with E-state index < -0.39 is 6.10 Å². The maximum absolute atomic E-state index is 12.7. The van der Waals surface area contributed by atoms with Crippen LogP contribution in [0, 0.1) is 0 Å². The third-order valence-electron chi connectivity index (χ3n) is 10.0. The van der Waals surface area contributed by atoms with Gasteiger partial charge in [0.1, 0.15) is 13.2 Å². The third kappa shape index (κ3) is 39.4. The second kappa shape index (κ2) is 41.9. The number of allylic oxidation sites excluding steroid dienone is 2. The lowest BCUT2D eigenvalue weighted by Crippen LogP contribution is -2.30. The highest BCUT2D eigenvalue weighted by Gasteiger charge is 2.19. The fraction of sp³-hybridized carbons (Fsp3) is 0.891. The molecule has 0 bridgehead atoms. The molecule has 0 aliphatic carbocycles. The standard InChI is InChI=1S/C46H86O6/c1-4-7-10-13-16-19-22-23-25-27-30-33-36-39-45(48)51-42-43(41-50-44(47)38-35-32-29-26-21-18-15-12-9-6-3)52-46(49)40-37-34-31-28-24-20-17-14-11-8-5-2/h23,25,43H,4-22,24,26-42H2,1-3H3/b25-23-. The summed E-state index contributed by atoms with van der Waals surface area (Å²) in [7, 11) is 0. The lowest BCUT2D eigenvalue weighted by atomic mass is 10.1. The Labute approximate surface area is 322 Å². The van der Waals surface area contributed by atoms with E-state index in [0.717, 1.165) is 70.6 Å². The van der Waals surface area contributed by atoms with Gasteiger partial charge in [-0.15, -0.1) is 0 Å². The minimum Gasteiger partial charge on any atom is -0.462 e. The monoisotopic (exact) mass is 735 g/mol. The summed E-state index contributed by atoms with van der Waals surface area (Å²) >= 11 is 0. The van der Waals surface area contributed by atoms with Gasteiger partial charge in [-0.2, -0.15) is 0 Å². The lowest BCUT2D eigenvalue weighted by molar-refractivity contribution is -0.167. The van der Waals surface area contributed by atoms with Crippen molar-refractivity contribution in [2.45, 2.75) is 252 Å². The van der Waals surface area contributed by atoms with Crippen LogP contribution in [0.4, 0.5) is 0 Å². The maximum Gasteiger partial charge on any atom is 0.306 e. The molecule has 1 unspecified atom stereocenters. The Balaban J connectivity index is 4.36. The summed E-state index contributed by atoms with van der Waals surface area (Å²) in [6, 6.07) is 0. The van der Waals surface area contributed by atoms with Crippen molar-refractivity contribution in [3.05, 3.63) is 12.2 Å². The normalized spacial score (nSPS) is 12.0. The molecule has 0 saturated heterocycles. The SMILES string of the molecule is CCCCCCCC/C=C\CCCCCC(=O)OCC(COC(=O)CCCCCCCCCCCC)OC(=O)CCCCCCCCCCCCC. The molecule has 0 heterocycles. The van der Waals surface area contributed by atoms with Gasteiger partial charge in [-0.25, -0.2) is 0 Å². The second-order valence-electron chi connectivity index (χ2n) is 15.3. The Morgan fingerprint density at radius 2 is 0.635 bits per heavy atom. The summed E-state index contributed by atoms with van der Waals surface area (Å²) in [6.07, 6.45) is 43.3. The summed E-state index contributed by atoms with van der Waals surface area (Å²) < 4.78 is 16.7. The minimum atomic E-state index is -0.766. The Morgan fingerprint density at radius 1 is 0.365 bits per heavy atom. The van der Waals surface area contributed by atoms with Gasteiger partial charge in [0, 0.05) is 19.3 Å². The Bertz CT molecular complexity index is 809. The number of hydrogen-bond donors (Lipinski definition) is 0. The highest BCUT2D eigenvalue weighted by Crippen LogP contribution is 2.15. The first-order valence-corrected chi connectivity index (χ1v) is 22.7. The van der Waals surface area contributed by atoms with Crippen LogP contribution < -0.4 is 0 Å². The highest BCUT2D eigenvalue weighted by atomic mass is 16.6. The Morgan fingerprint density at radius 3 is 0.981 bits per heavy atom. The molecule has 0 radical (unpaired) electrons. The Kier molecular flexibility index (Phi) is 40.4. The zero-order valence-corrected chi connectivity index (χ0v) is 34.8. The molecule has 6 heteroatoms. The largest absolute Gasteiger partial charge is 0.462 e. The van der Waals surface area contributed by atoms with E-state index in [1.165, 1.54) is 135 Å². The lowest BCUT2D eigenvalue weighted by Gasteiger charge is -2.18. The number of ether oxygens (including phenoxy) is 3. The van der Waals surface area contributed by atoms with Crippen LogP contribution in [0.3, 0.4) is 0 Å². The summed E-state index contributed by atoms with van der Waals surface area (Å²) in [4.78, 5) is 37.6. The summed E-state index contributed by atoms with van der Waals surface area (Å²) in [5.41, 5.74) is 0. The predicted octanol–water partition coefficient (Wildman–Crippen LogP) is 14.3. The Hall–Kier alpha value is -1.85. The van der Waals surface area contributed by atoms with Crippen molar-refractivity contribution < 1.29 is 28.6 Å². The van der Waals surface area contributed by atoms with E-state index in [1.807, 2.05) is 0 Å². The third-order valence-corrected chi connectivity index (χ3v) is 10.0. The molecule has 0 amide bonds. The van der Waals surface area contributed by atoms with E-state index in [0.29, 0.717) is 19.3 Å². The molecule has 0 aromatic rings. The van der Waals surface area contributed by atoms with Crippen LogP contribution in [-0.4, -0.2) is 37.2 Å². The van der Waals surface area contributed by atoms with Gasteiger partial charge < -0.3 is 14.2 Å². The molecule has 0 aromatic heterocycles. The van der Waals surface area contributed by atoms with Gasteiger partial charge in [-0.1, -0.05) is 193 Å². The van der Waals surface area contributed by atoms with E-state index in [9.17, 15) is 14.4 Å². The second-order valence-corrected chi connectivity index (χ2v) is 15.3. The van der Waals surface area contributed by atoms with Gasteiger partial charge in [0.25, 0.3) is 0 Å². The van der Waals surface area contributed by atoms with E-state index in [4.69, 9.17) is 14.2 Å². The van der Waals surface area contributed by atoms with Crippen LogP contribution in [0.2, 0.25) is 0 Å². The number of esters is 3. The first-order chi connectivity index (χ1) is 25.5. The molecule has 6 nitrogen and oxygen atoms in total. The van der Waals surface area contributed by atoms with Crippen LogP contribution in [0.15, 0.2) is 12.2 Å². The molecule has 0 N–H and O–H groups in total. The smallest absolute Gasteiger partial charge is 0.306 e. The maximum atomic E-state index is 12.7. The van der Waals surface area contributed by atoms with E-state index in [1.54, 1.807) is 0 Å². The van der Waals surface area contributed by atoms with Crippen LogP contribution in [0.25, 0.3) is 0 Å². The number of unbranched alkanes of at least 4 members (excludes halogenated alkanes) is 28. The van der Waals surface area contributed by atoms with Crippen molar-refractivity contribution in [3.8, 4) is 0 Å². The molecule has 1 atom stereocenters.